The van der Waals surface area contributed by atoms with E-state index in [0.29, 0.717) is 34.4 Å². The second kappa shape index (κ2) is 4.87. The maximum atomic E-state index is 13.8. The monoisotopic (exact) mass is 245 g/mol. The summed E-state index contributed by atoms with van der Waals surface area (Å²) in [5.41, 5.74) is 7.52. The maximum absolute atomic E-state index is 13.8. The topological polar surface area (TPSA) is 52.3 Å². The van der Waals surface area contributed by atoms with Crippen molar-refractivity contribution in [3.8, 4) is 16.9 Å². The fraction of sp³-hybridized carbons (Fsp3) is 0.0714. The van der Waals surface area contributed by atoms with E-state index < -0.39 is 0 Å². The molecule has 0 saturated heterocycles. The molecule has 92 valence electrons. The second-order valence-corrected chi connectivity index (χ2v) is 3.81. The third-order valence-corrected chi connectivity index (χ3v) is 2.68. The lowest BCUT2D eigenvalue weighted by molar-refractivity contribution is 0.112. The third kappa shape index (κ3) is 2.18. The van der Waals surface area contributed by atoms with Crippen molar-refractivity contribution in [1.29, 1.82) is 0 Å². The molecule has 0 fully saturated rings. The minimum Gasteiger partial charge on any atom is -0.497 e. The van der Waals surface area contributed by atoms with Crippen LogP contribution in [-0.2, 0) is 0 Å². The average molecular weight is 245 g/mol. The molecule has 0 heterocycles. The van der Waals surface area contributed by atoms with Crippen LogP contribution in [0.4, 0.5) is 10.1 Å². The zero-order valence-corrected chi connectivity index (χ0v) is 9.81. The van der Waals surface area contributed by atoms with Crippen molar-refractivity contribution in [2.24, 2.45) is 0 Å². The molecule has 3 nitrogen and oxygen atoms in total. The molecule has 0 aliphatic rings. The van der Waals surface area contributed by atoms with E-state index in [9.17, 15) is 9.18 Å². The van der Waals surface area contributed by atoms with Gasteiger partial charge in [-0.25, -0.2) is 4.39 Å². The van der Waals surface area contributed by atoms with Crippen LogP contribution in [0, 0.1) is 5.82 Å². The van der Waals surface area contributed by atoms with E-state index in [0.717, 1.165) is 0 Å². The first-order chi connectivity index (χ1) is 8.65. The van der Waals surface area contributed by atoms with Gasteiger partial charge in [0.2, 0.25) is 0 Å². The molecule has 0 radical (unpaired) electrons. The van der Waals surface area contributed by atoms with Gasteiger partial charge in [0.05, 0.1) is 7.11 Å². The highest BCUT2D eigenvalue weighted by Crippen LogP contribution is 2.31. The van der Waals surface area contributed by atoms with E-state index in [2.05, 4.69) is 0 Å². The molecule has 2 aromatic rings. The van der Waals surface area contributed by atoms with E-state index in [-0.39, 0.29) is 5.82 Å². The number of aldehydes is 1. The Morgan fingerprint density at radius 2 is 1.94 bits per heavy atom. The molecule has 0 aromatic heterocycles. The molecule has 0 unspecified atom stereocenters. The van der Waals surface area contributed by atoms with E-state index in [1.165, 1.54) is 25.3 Å². The van der Waals surface area contributed by atoms with Crippen molar-refractivity contribution < 1.29 is 13.9 Å². The highest BCUT2D eigenvalue weighted by atomic mass is 19.1. The molecule has 0 bridgehead atoms. The number of carbonyl (C=O) groups is 1. The highest BCUT2D eigenvalue weighted by Gasteiger charge is 2.10. The Balaban J connectivity index is 2.57. The first-order valence-corrected chi connectivity index (χ1v) is 5.34. The van der Waals surface area contributed by atoms with Crippen LogP contribution in [0.3, 0.4) is 0 Å². The summed E-state index contributed by atoms with van der Waals surface area (Å²) in [6.45, 7) is 0. The molecule has 0 spiro atoms. The van der Waals surface area contributed by atoms with Crippen LogP contribution in [-0.4, -0.2) is 13.4 Å². The molecule has 18 heavy (non-hydrogen) atoms. The zero-order valence-electron chi connectivity index (χ0n) is 9.81. The van der Waals surface area contributed by atoms with E-state index in [1.807, 2.05) is 0 Å². The van der Waals surface area contributed by atoms with Gasteiger partial charge in [0.15, 0.2) is 0 Å². The number of hydrogen-bond donors (Lipinski definition) is 1. The van der Waals surface area contributed by atoms with Crippen LogP contribution in [0.5, 0.6) is 5.75 Å². The summed E-state index contributed by atoms with van der Waals surface area (Å²) in [6, 6.07) is 9.16. The van der Waals surface area contributed by atoms with E-state index in [4.69, 9.17) is 10.5 Å². The van der Waals surface area contributed by atoms with E-state index >= 15 is 0 Å². The van der Waals surface area contributed by atoms with Crippen molar-refractivity contribution in [2.75, 3.05) is 12.8 Å². The lowest BCUT2D eigenvalue weighted by atomic mass is 10.0. The predicted octanol–water partition coefficient (Wildman–Crippen LogP) is 2.90. The van der Waals surface area contributed by atoms with Gasteiger partial charge >= 0.3 is 0 Å². The lowest BCUT2D eigenvalue weighted by Gasteiger charge is -2.09. The third-order valence-electron chi connectivity index (χ3n) is 2.68. The minimum absolute atomic E-state index is 0.351. The van der Waals surface area contributed by atoms with Gasteiger partial charge in [-0.3, -0.25) is 4.79 Å². The van der Waals surface area contributed by atoms with Crippen molar-refractivity contribution in [1.82, 2.24) is 0 Å². The number of methoxy groups -OCH3 is 1. The lowest BCUT2D eigenvalue weighted by Crippen LogP contribution is -1.95. The smallest absolute Gasteiger partial charge is 0.150 e. The van der Waals surface area contributed by atoms with E-state index in [1.54, 1.807) is 18.2 Å². The fourth-order valence-corrected chi connectivity index (χ4v) is 1.74. The number of anilines is 1. The van der Waals surface area contributed by atoms with Crippen LogP contribution >= 0.6 is 0 Å². The minimum atomic E-state index is -0.388. The number of nitrogen functional groups attached to an aromatic ring is 1. The second-order valence-electron chi connectivity index (χ2n) is 3.81. The van der Waals surface area contributed by atoms with Crippen molar-refractivity contribution >= 4 is 12.0 Å². The zero-order chi connectivity index (χ0) is 13.1. The molecule has 0 aliphatic heterocycles. The van der Waals surface area contributed by atoms with Gasteiger partial charge in [0, 0.05) is 22.4 Å². The number of benzene rings is 2. The first kappa shape index (κ1) is 12.1. The Morgan fingerprint density at radius 1 is 1.17 bits per heavy atom. The van der Waals surface area contributed by atoms with Gasteiger partial charge in [-0.2, -0.15) is 0 Å². The number of ether oxygens (including phenoxy) is 1. The molecule has 2 rings (SSSR count). The summed E-state index contributed by atoms with van der Waals surface area (Å²) in [4.78, 5) is 10.6. The molecular formula is C14H12FNO2. The highest BCUT2D eigenvalue weighted by molar-refractivity contribution is 5.84. The molecular weight excluding hydrogens is 233 g/mol. The molecule has 0 saturated carbocycles. The largest absolute Gasteiger partial charge is 0.497 e. The van der Waals surface area contributed by atoms with Crippen molar-refractivity contribution in [2.45, 2.75) is 0 Å². The Kier molecular flexibility index (Phi) is 3.28. The van der Waals surface area contributed by atoms with Gasteiger partial charge < -0.3 is 10.5 Å². The molecule has 2 N–H and O–H groups in total. The Hall–Kier alpha value is -2.36. The van der Waals surface area contributed by atoms with Gasteiger partial charge in [0.25, 0.3) is 0 Å². The van der Waals surface area contributed by atoms with Crippen LogP contribution in [0.25, 0.3) is 11.1 Å². The fourth-order valence-electron chi connectivity index (χ4n) is 1.74. The van der Waals surface area contributed by atoms with Gasteiger partial charge in [-0.15, -0.1) is 0 Å². The van der Waals surface area contributed by atoms with Crippen molar-refractivity contribution in [3.63, 3.8) is 0 Å². The molecule has 0 aliphatic carbocycles. The average Bonchev–Trinajstić information content (AvgIpc) is 2.39. The summed E-state index contributed by atoms with van der Waals surface area (Å²) in [5, 5.41) is 0. The van der Waals surface area contributed by atoms with Crippen LogP contribution < -0.4 is 10.5 Å². The van der Waals surface area contributed by atoms with Crippen LogP contribution in [0.15, 0.2) is 36.4 Å². The SMILES string of the molecule is COc1ccc(F)c(-c2ccc(C=O)cc2N)c1. The first-order valence-electron chi connectivity index (χ1n) is 5.34. The van der Waals surface area contributed by atoms with Crippen LogP contribution in [0.2, 0.25) is 0 Å². The van der Waals surface area contributed by atoms with Gasteiger partial charge in [-0.1, -0.05) is 12.1 Å². The Labute approximate surface area is 104 Å². The molecule has 4 heteroatoms. The molecule has 2 aromatic carbocycles. The summed E-state index contributed by atoms with van der Waals surface area (Å²) in [6.07, 6.45) is 0.697. The number of halogens is 1. The molecule has 0 amide bonds. The number of hydrogen-bond acceptors (Lipinski definition) is 3. The number of carbonyl (C=O) groups excluding carboxylic acids is 1. The number of rotatable bonds is 3. The summed E-state index contributed by atoms with van der Waals surface area (Å²) in [7, 11) is 1.51. The molecule has 0 atom stereocenters. The van der Waals surface area contributed by atoms with Gasteiger partial charge in [0.1, 0.15) is 17.9 Å². The Morgan fingerprint density at radius 3 is 2.56 bits per heavy atom. The Bertz CT molecular complexity index is 596. The maximum Gasteiger partial charge on any atom is 0.150 e. The standard InChI is InChI=1S/C14H12FNO2/c1-18-10-3-5-13(15)12(7-10)11-4-2-9(8-17)6-14(11)16/h2-8H,16H2,1H3. The predicted molar refractivity (Wildman–Crippen MR) is 68.2 cm³/mol. The quantitative estimate of drug-likeness (QED) is 0.668. The number of nitrogens with two attached hydrogens (primary N) is 1. The van der Waals surface area contributed by atoms with Gasteiger partial charge in [-0.05, 0) is 24.3 Å². The van der Waals surface area contributed by atoms with Crippen LogP contribution in [0.1, 0.15) is 10.4 Å². The normalized spacial score (nSPS) is 10.1. The summed E-state index contributed by atoms with van der Waals surface area (Å²) >= 11 is 0. The summed E-state index contributed by atoms with van der Waals surface area (Å²) in [5.74, 6) is 0.159. The summed E-state index contributed by atoms with van der Waals surface area (Å²) < 4.78 is 18.8. The van der Waals surface area contributed by atoms with Crippen molar-refractivity contribution in [3.05, 3.63) is 47.8 Å².